The van der Waals surface area contributed by atoms with Gasteiger partial charge in [0.25, 0.3) is 11.8 Å². The van der Waals surface area contributed by atoms with Crippen molar-refractivity contribution in [3.8, 4) is 12.1 Å². The van der Waals surface area contributed by atoms with Crippen molar-refractivity contribution in [1.82, 2.24) is 9.80 Å². The quantitative estimate of drug-likeness (QED) is 0.221. The molecule has 2 atom stereocenters. The predicted molar refractivity (Wildman–Crippen MR) is 159 cm³/mol. The highest BCUT2D eigenvalue weighted by Crippen LogP contribution is 2.26. The van der Waals surface area contributed by atoms with Crippen molar-refractivity contribution >= 4 is 11.8 Å². The standard InChI is InChI=1S/C35H32N4O2/c1-26-14-18-30(19-15-26)34(40)38(32(24-36)28-10-5-3-6-11-28)22-9-23-39(33(25-37)29-12-7-4-8-13-29)35(41)31-20-16-27(2)17-21-31/h3-8,10-21,32-33H,9,22-23H2,1-2H3. The van der Waals surface area contributed by atoms with E-state index in [1.807, 2.05) is 98.8 Å². The van der Waals surface area contributed by atoms with Crippen molar-refractivity contribution in [3.05, 3.63) is 143 Å². The van der Waals surface area contributed by atoms with Crippen molar-refractivity contribution in [3.63, 3.8) is 0 Å². The van der Waals surface area contributed by atoms with Gasteiger partial charge in [-0.2, -0.15) is 10.5 Å². The van der Waals surface area contributed by atoms with Crippen LogP contribution in [-0.4, -0.2) is 34.7 Å². The molecule has 2 amide bonds. The SMILES string of the molecule is Cc1ccc(C(=O)N(CCCN(C(=O)c2ccc(C)cc2)C(C#N)c2ccccc2)C(C#N)c2ccccc2)cc1. The molecule has 0 bridgehead atoms. The lowest BCUT2D eigenvalue weighted by atomic mass is 10.0. The van der Waals surface area contributed by atoms with Crippen LogP contribution in [0.15, 0.2) is 109 Å². The van der Waals surface area contributed by atoms with Gasteiger partial charge in [0.2, 0.25) is 0 Å². The normalized spacial score (nSPS) is 11.9. The van der Waals surface area contributed by atoms with Crippen LogP contribution in [0.1, 0.15) is 61.5 Å². The van der Waals surface area contributed by atoms with Gasteiger partial charge in [0.15, 0.2) is 0 Å². The molecule has 2 unspecified atom stereocenters. The summed E-state index contributed by atoms with van der Waals surface area (Å²) in [6, 6.07) is 35.9. The van der Waals surface area contributed by atoms with E-state index in [0.29, 0.717) is 28.7 Å². The van der Waals surface area contributed by atoms with Crippen molar-refractivity contribution in [2.45, 2.75) is 32.4 Å². The number of carbonyl (C=O) groups excluding carboxylic acids is 2. The Morgan fingerprint density at radius 3 is 1.24 bits per heavy atom. The van der Waals surface area contributed by atoms with Gasteiger partial charge in [0, 0.05) is 24.2 Å². The van der Waals surface area contributed by atoms with Crippen molar-refractivity contribution in [2.75, 3.05) is 13.1 Å². The summed E-state index contributed by atoms with van der Waals surface area (Å²) < 4.78 is 0. The molecular weight excluding hydrogens is 508 g/mol. The molecule has 0 spiro atoms. The van der Waals surface area contributed by atoms with E-state index in [1.165, 1.54) is 0 Å². The molecule has 0 heterocycles. The van der Waals surface area contributed by atoms with E-state index in [1.54, 1.807) is 34.1 Å². The molecule has 4 rings (SSSR count). The van der Waals surface area contributed by atoms with Crippen molar-refractivity contribution < 1.29 is 9.59 Å². The molecule has 0 aliphatic carbocycles. The monoisotopic (exact) mass is 540 g/mol. The van der Waals surface area contributed by atoms with Crippen LogP contribution >= 0.6 is 0 Å². The first-order valence-corrected chi connectivity index (χ1v) is 13.6. The summed E-state index contributed by atoms with van der Waals surface area (Å²) in [4.78, 5) is 30.6. The largest absolute Gasteiger partial charge is 0.318 e. The highest BCUT2D eigenvalue weighted by Gasteiger charge is 2.29. The van der Waals surface area contributed by atoms with Crippen LogP contribution in [0.3, 0.4) is 0 Å². The van der Waals surface area contributed by atoms with Gasteiger partial charge in [-0.15, -0.1) is 0 Å². The topological polar surface area (TPSA) is 88.2 Å². The number of nitriles is 2. The maximum atomic E-state index is 13.7. The molecule has 0 radical (unpaired) electrons. The summed E-state index contributed by atoms with van der Waals surface area (Å²) in [6.45, 7) is 4.33. The zero-order valence-electron chi connectivity index (χ0n) is 23.3. The average Bonchev–Trinajstić information content (AvgIpc) is 3.01. The summed E-state index contributed by atoms with van der Waals surface area (Å²) in [5, 5.41) is 20.4. The Morgan fingerprint density at radius 2 is 0.927 bits per heavy atom. The highest BCUT2D eigenvalue weighted by atomic mass is 16.2. The van der Waals surface area contributed by atoms with Crippen molar-refractivity contribution in [2.24, 2.45) is 0 Å². The highest BCUT2D eigenvalue weighted by molar-refractivity contribution is 5.95. The van der Waals surface area contributed by atoms with Crippen LogP contribution in [0.25, 0.3) is 0 Å². The first-order chi connectivity index (χ1) is 19.9. The Morgan fingerprint density at radius 1 is 0.585 bits per heavy atom. The zero-order valence-corrected chi connectivity index (χ0v) is 23.3. The maximum absolute atomic E-state index is 13.7. The average molecular weight is 541 g/mol. The van der Waals surface area contributed by atoms with Crippen LogP contribution < -0.4 is 0 Å². The Hall–Kier alpha value is -5.20. The van der Waals surface area contributed by atoms with Crippen LogP contribution in [0.4, 0.5) is 0 Å². The second-order valence-corrected chi connectivity index (χ2v) is 9.97. The van der Waals surface area contributed by atoms with Gasteiger partial charge in [0.1, 0.15) is 12.1 Å². The third-order valence-corrected chi connectivity index (χ3v) is 7.02. The first-order valence-electron chi connectivity index (χ1n) is 13.6. The second kappa shape index (κ2) is 13.7. The van der Waals surface area contributed by atoms with E-state index < -0.39 is 12.1 Å². The number of nitrogens with zero attached hydrogens (tertiary/aromatic N) is 4. The molecule has 41 heavy (non-hydrogen) atoms. The van der Waals surface area contributed by atoms with Crippen molar-refractivity contribution in [1.29, 1.82) is 10.5 Å². The Balaban J connectivity index is 1.64. The minimum atomic E-state index is -0.813. The molecule has 0 fully saturated rings. The Kier molecular flexibility index (Phi) is 9.65. The van der Waals surface area contributed by atoms with E-state index in [-0.39, 0.29) is 24.9 Å². The fraction of sp³-hybridized carbons (Fsp3) is 0.200. The Bertz CT molecular complexity index is 1420. The predicted octanol–water partition coefficient (Wildman–Crippen LogP) is 6.81. The van der Waals surface area contributed by atoms with Crippen LogP contribution in [0.2, 0.25) is 0 Å². The molecule has 0 saturated heterocycles. The minimum Gasteiger partial charge on any atom is -0.318 e. The number of hydrogen-bond donors (Lipinski definition) is 0. The lowest BCUT2D eigenvalue weighted by Gasteiger charge is -2.31. The van der Waals surface area contributed by atoms with Gasteiger partial charge in [-0.25, -0.2) is 0 Å². The number of aryl methyl sites for hydroxylation is 2. The van der Waals surface area contributed by atoms with Gasteiger partial charge >= 0.3 is 0 Å². The third kappa shape index (κ3) is 7.06. The van der Waals surface area contributed by atoms with E-state index in [4.69, 9.17) is 0 Å². The van der Waals surface area contributed by atoms with Gasteiger partial charge in [-0.1, -0.05) is 96.1 Å². The summed E-state index contributed by atoms with van der Waals surface area (Å²) >= 11 is 0. The molecule has 0 saturated carbocycles. The zero-order chi connectivity index (χ0) is 29.2. The van der Waals surface area contributed by atoms with E-state index in [9.17, 15) is 20.1 Å². The molecule has 0 aromatic heterocycles. The summed E-state index contributed by atoms with van der Waals surface area (Å²) in [6.07, 6.45) is 0.366. The first kappa shape index (κ1) is 28.8. The fourth-order valence-electron chi connectivity index (χ4n) is 4.75. The number of carbonyl (C=O) groups is 2. The van der Waals surface area contributed by atoms with Crippen LogP contribution in [-0.2, 0) is 0 Å². The molecular formula is C35H32N4O2. The molecule has 204 valence electrons. The maximum Gasteiger partial charge on any atom is 0.255 e. The molecule has 0 aliphatic heterocycles. The molecule has 6 heteroatoms. The fourth-order valence-corrected chi connectivity index (χ4v) is 4.75. The molecule has 6 nitrogen and oxygen atoms in total. The van der Waals surface area contributed by atoms with Crippen LogP contribution in [0.5, 0.6) is 0 Å². The van der Waals surface area contributed by atoms with Gasteiger partial charge in [-0.05, 0) is 55.7 Å². The summed E-state index contributed by atoms with van der Waals surface area (Å²) in [7, 11) is 0. The summed E-state index contributed by atoms with van der Waals surface area (Å²) in [5.41, 5.74) is 4.45. The smallest absolute Gasteiger partial charge is 0.255 e. The lowest BCUT2D eigenvalue weighted by Crippen LogP contribution is -2.39. The second-order valence-electron chi connectivity index (χ2n) is 9.97. The molecule has 0 N–H and O–H groups in total. The summed E-state index contributed by atoms with van der Waals surface area (Å²) in [5.74, 6) is -0.534. The molecule has 4 aromatic rings. The van der Waals surface area contributed by atoms with E-state index >= 15 is 0 Å². The van der Waals surface area contributed by atoms with Gasteiger partial charge in [-0.3, -0.25) is 9.59 Å². The number of rotatable bonds is 10. The number of amides is 2. The van der Waals surface area contributed by atoms with Gasteiger partial charge < -0.3 is 9.80 Å². The van der Waals surface area contributed by atoms with Gasteiger partial charge in [0.05, 0.1) is 12.1 Å². The van der Waals surface area contributed by atoms with E-state index in [0.717, 1.165) is 11.1 Å². The molecule has 0 aliphatic rings. The van der Waals surface area contributed by atoms with Crippen LogP contribution in [0, 0.1) is 36.5 Å². The van der Waals surface area contributed by atoms with E-state index in [2.05, 4.69) is 12.1 Å². The number of benzene rings is 4. The lowest BCUT2D eigenvalue weighted by molar-refractivity contribution is 0.0668. The Labute approximate surface area is 241 Å². The third-order valence-electron chi connectivity index (χ3n) is 7.02. The number of hydrogen-bond acceptors (Lipinski definition) is 4. The molecule has 4 aromatic carbocycles. The minimum absolute atomic E-state index is 0.213.